The molecule has 0 radical (unpaired) electrons. The molecule has 0 aromatic carbocycles. The van der Waals surface area contributed by atoms with Gasteiger partial charge < -0.3 is 22.1 Å². The predicted molar refractivity (Wildman–Crippen MR) is 214 cm³/mol. The summed E-state index contributed by atoms with van der Waals surface area (Å²) in [6.45, 7) is 7.27. The topological polar surface area (TPSA) is 223 Å². The van der Waals surface area contributed by atoms with Gasteiger partial charge in [0.1, 0.15) is 46.5 Å². The van der Waals surface area contributed by atoms with Crippen LogP contribution in [-0.2, 0) is 22.7 Å². The molecule has 8 rings (SSSR count). The number of primary amides is 2. The van der Waals surface area contributed by atoms with Crippen LogP contribution in [0.5, 0.6) is 0 Å². The van der Waals surface area contributed by atoms with E-state index in [4.69, 9.17) is 11.5 Å². The first kappa shape index (κ1) is 38.5. The minimum absolute atomic E-state index is 0.0352. The van der Waals surface area contributed by atoms with Crippen LogP contribution in [0.25, 0.3) is 44.8 Å². The highest BCUT2D eigenvalue weighted by atomic mass is 19.1. The Morgan fingerprint density at radius 2 is 1.19 bits per heavy atom. The molecule has 0 fully saturated rings. The fraction of sp³-hybridized carbons (Fsp3) is 0.150. The lowest BCUT2D eigenvalue weighted by Gasteiger charge is -2.13. The van der Waals surface area contributed by atoms with E-state index in [-0.39, 0.29) is 24.5 Å². The van der Waals surface area contributed by atoms with Crippen LogP contribution in [0.2, 0.25) is 0 Å². The lowest BCUT2D eigenvalue weighted by molar-refractivity contribution is -0.119. The molecule has 0 atom stereocenters. The molecule has 58 heavy (non-hydrogen) atoms. The lowest BCUT2D eigenvalue weighted by Crippen LogP contribution is -2.19. The molecule has 0 unspecified atom stereocenters. The summed E-state index contributed by atoms with van der Waals surface area (Å²) in [7, 11) is 0. The van der Waals surface area contributed by atoms with E-state index in [9.17, 15) is 18.4 Å². The summed E-state index contributed by atoms with van der Waals surface area (Å²) in [6, 6.07) is 13.0. The normalized spacial score (nSPS) is 11.0. The number of hydrogen-bond acceptors (Lipinski definition) is 12. The number of nitrogens with one attached hydrogen (secondary N) is 2. The zero-order valence-corrected chi connectivity index (χ0v) is 31.7. The maximum absolute atomic E-state index is 14.3. The Hall–Kier alpha value is -7.76. The number of halogens is 2. The number of aryl methyl sites for hydroxylation is 4. The molecule has 6 N–H and O–H groups in total. The van der Waals surface area contributed by atoms with Crippen molar-refractivity contribution in [2.45, 2.75) is 40.8 Å². The third-order valence-electron chi connectivity index (χ3n) is 8.81. The number of pyridine rings is 6. The van der Waals surface area contributed by atoms with E-state index in [0.29, 0.717) is 56.2 Å². The highest BCUT2D eigenvalue weighted by Gasteiger charge is 2.16. The smallest absolute Gasteiger partial charge is 0.239 e. The quantitative estimate of drug-likeness (QED) is 0.130. The largest absolute Gasteiger partial charge is 0.368 e. The van der Waals surface area contributed by atoms with Gasteiger partial charge in [0, 0.05) is 47.6 Å². The Balaban J connectivity index is 0.000000177. The SMILES string of the molecule is Cc1ccc(F)c(-c2cc(Nc3ccnc4cn(CC(N)=O)nc34)c(C)cn2)n1.Cc1ccc(F)c(-c2cc(Nc3ccnc4cnn(CC(N)=O)c34)c(C)cn2)n1. The van der Waals surface area contributed by atoms with Crippen molar-refractivity contribution in [1.82, 2.24) is 49.5 Å². The van der Waals surface area contributed by atoms with Crippen molar-refractivity contribution in [2.75, 3.05) is 10.6 Å². The highest BCUT2D eigenvalue weighted by molar-refractivity contribution is 5.92. The molecule has 0 saturated heterocycles. The van der Waals surface area contributed by atoms with Crippen molar-refractivity contribution in [2.24, 2.45) is 11.5 Å². The molecule has 0 aliphatic rings. The Morgan fingerprint density at radius 1 is 0.655 bits per heavy atom. The summed E-state index contributed by atoms with van der Waals surface area (Å²) < 4.78 is 31.5. The number of fused-ring (bicyclic) bond motifs is 2. The first-order chi connectivity index (χ1) is 27.8. The Morgan fingerprint density at radius 3 is 1.76 bits per heavy atom. The van der Waals surface area contributed by atoms with Crippen molar-refractivity contribution in [3.05, 3.63) is 120 Å². The minimum Gasteiger partial charge on any atom is -0.368 e. The van der Waals surface area contributed by atoms with Gasteiger partial charge in [-0.3, -0.25) is 38.9 Å². The standard InChI is InChI=1S/2C20H18FN7O/c1-11-8-24-16(19-13(21)4-3-12(2)25-19)7-15(11)26-14-5-6-23-17-9-28(10-18(22)29)27-20(14)17;1-11-8-24-16(19-13(21)4-3-12(2)26-19)7-15(11)27-14-5-6-23-17-9-25-28(20(14)17)10-18(22)29/h3-9H,10H2,1-2H3,(H2,22,29)(H,24,26);3-9H,10H2,1-2H3,(H2,22,29)(H,23,24,27). The first-order valence-corrected chi connectivity index (χ1v) is 17.8. The summed E-state index contributed by atoms with van der Waals surface area (Å²) in [6.07, 6.45) is 9.81. The Kier molecular flexibility index (Phi) is 10.7. The Bertz CT molecular complexity index is 2850. The summed E-state index contributed by atoms with van der Waals surface area (Å²) in [5.74, 6) is -1.87. The van der Waals surface area contributed by atoms with Gasteiger partial charge in [-0.1, -0.05) is 0 Å². The number of carbonyl (C=O) groups excluding carboxylic acids is 2. The summed E-state index contributed by atoms with van der Waals surface area (Å²) in [4.78, 5) is 48.3. The molecule has 0 aliphatic carbocycles. The Labute approximate surface area is 329 Å². The van der Waals surface area contributed by atoms with E-state index < -0.39 is 23.4 Å². The van der Waals surface area contributed by atoms with E-state index in [1.807, 2.05) is 13.8 Å². The van der Waals surface area contributed by atoms with Crippen LogP contribution in [0, 0.1) is 39.3 Å². The number of hydrogen-bond donors (Lipinski definition) is 4. The van der Waals surface area contributed by atoms with Gasteiger partial charge in [0.15, 0.2) is 11.6 Å². The van der Waals surface area contributed by atoms with E-state index in [1.54, 1.807) is 87.4 Å². The molecule has 0 spiro atoms. The monoisotopic (exact) mass is 782 g/mol. The average Bonchev–Trinajstić information content (AvgIpc) is 3.79. The van der Waals surface area contributed by atoms with Gasteiger partial charge in [0.25, 0.3) is 0 Å². The van der Waals surface area contributed by atoms with Gasteiger partial charge in [-0.2, -0.15) is 10.2 Å². The second kappa shape index (κ2) is 16.1. The predicted octanol–water partition coefficient (Wildman–Crippen LogP) is 5.75. The molecule has 8 aromatic rings. The number of rotatable bonds is 10. The third-order valence-corrected chi connectivity index (χ3v) is 8.81. The van der Waals surface area contributed by atoms with Crippen molar-refractivity contribution in [3.63, 3.8) is 0 Å². The van der Waals surface area contributed by atoms with Gasteiger partial charge in [-0.25, -0.2) is 18.7 Å². The van der Waals surface area contributed by atoms with Crippen LogP contribution >= 0.6 is 0 Å². The number of aromatic nitrogens is 10. The van der Waals surface area contributed by atoms with Crippen molar-refractivity contribution >= 4 is 56.6 Å². The average molecular weight is 783 g/mol. The van der Waals surface area contributed by atoms with Crippen LogP contribution in [0.1, 0.15) is 22.5 Å². The molecule has 16 nitrogen and oxygen atoms in total. The maximum atomic E-state index is 14.3. The number of anilines is 4. The maximum Gasteiger partial charge on any atom is 0.239 e. The number of amides is 2. The minimum atomic E-state index is -0.506. The molecule has 18 heteroatoms. The molecule has 0 bridgehead atoms. The van der Waals surface area contributed by atoms with Crippen LogP contribution in [-0.4, -0.2) is 61.3 Å². The van der Waals surface area contributed by atoms with Gasteiger partial charge in [0.05, 0.1) is 35.2 Å². The van der Waals surface area contributed by atoms with Gasteiger partial charge in [-0.15, -0.1) is 0 Å². The van der Waals surface area contributed by atoms with Crippen molar-refractivity contribution in [1.29, 1.82) is 0 Å². The zero-order valence-electron chi connectivity index (χ0n) is 31.7. The van der Waals surface area contributed by atoms with Crippen LogP contribution in [0.3, 0.4) is 0 Å². The van der Waals surface area contributed by atoms with Crippen molar-refractivity contribution in [3.8, 4) is 22.8 Å². The van der Waals surface area contributed by atoms with Crippen molar-refractivity contribution < 1.29 is 18.4 Å². The highest BCUT2D eigenvalue weighted by Crippen LogP contribution is 2.31. The number of nitrogens with zero attached hydrogens (tertiary/aromatic N) is 10. The summed E-state index contributed by atoms with van der Waals surface area (Å²) in [5.41, 5.74) is 20.2. The molecule has 2 amide bonds. The lowest BCUT2D eigenvalue weighted by atomic mass is 10.1. The second-order valence-electron chi connectivity index (χ2n) is 13.3. The molecule has 8 aromatic heterocycles. The fourth-order valence-corrected chi connectivity index (χ4v) is 6.00. The van der Waals surface area contributed by atoms with E-state index >= 15 is 0 Å². The second-order valence-corrected chi connectivity index (χ2v) is 13.3. The third kappa shape index (κ3) is 8.40. The molecule has 8 heterocycles. The number of carbonyl (C=O) groups is 2. The molecule has 292 valence electrons. The molecule has 0 saturated carbocycles. The molecular weight excluding hydrogens is 747 g/mol. The summed E-state index contributed by atoms with van der Waals surface area (Å²) in [5, 5.41) is 15.2. The number of nitrogens with two attached hydrogens (primary N) is 2. The fourth-order valence-electron chi connectivity index (χ4n) is 6.00. The summed E-state index contributed by atoms with van der Waals surface area (Å²) >= 11 is 0. The van der Waals surface area contributed by atoms with Gasteiger partial charge in [-0.05, 0) is 87.4 Å². The van der Waals surface area contributed by atoms with E-state index in [0.717, 1.165) is 22.5 Å². The first-order valence-electron chi connectivity index (χ1n) is 17.8. The van der Waals surface area contributed by atoms with E-state index in [2.05, 4.69) is 50.7 Å². The molecular formula is C40H36F2N14O2. The van der Waals surface area contributed by atoms with E-state index in [1.165, 1.54) is 21.5 Å². The van der Waals surface area contributed by atoms with Gasteiger partial charge >= 0.3 is 0 Å². The van der Waals surface area contributed by atoms with Gasteiger partial charge in [0.2, 0.25) is 11.8 Å². The van der Waals surface area contributed by atoms with Crippen LogP contribution in [0.4, 0.5) is 31.5 Å². The van der Waals surface area contributed by atoms with Crippen LogP contribution < -0.4 is 22.1 Å². The van der Waals surface area contributed by atoms with Crippen LogP contribution in [0.15, 0.2) is 85.7 Å². The molecule has 0 aliphatic heterocycles. The zero-order chi connectivity index (χ0) is 41.1.